The molecular formula is C28H64N2O7Si4. The van der Waals surface area contributed by atoms with Gasteiger partial charge in [-0.25, -0.2) is 9.59 Å². The number of ether oxygens (including phenoxy) is 2. The van der Waals surface area contributed by atoms with Crippen LogP contribution in [0.15, 0.2) is 0 Å². The van der Waals surface area contributed by atoms with Gasteiger partial charge in [0.25, 0.3) is 0 Å². The average molecular weight is 653 g/mol. The Morgan fingerprint density at radius 1 is 0.537 bits per heavy atom. The van der Waals surface area contributed by atoms with E-state index in [0.29, 0.717) is 25.9 Å². The highest BCUT2D eigenvalue weighted by Crippen LogP contribution is 2.32. The number of amides is 2. The number of rotatable bonds is 22. The highest BCUT2D eigenvalue weighted by molar-refractivity contribution is 6.90. The molecule has 0 aromatic carbocycles. The zero-order chi connectivity index (χ0) is 31.7. The van der Waals surface area contributed by atoms with Crippen molar-refractivity contribution in [1.29, 1.82) is 0 Å². The molecule has 0 fully saturated rings. The van der Waals surface area contributed by atoms with Gasteiger partial charge in [0.1, 0.15) is 11.5 Å². The summed E-state index contributed by atoms with van der Waals surface area (Å²) in [5, 5.41) is 5.81. The Kier molecular flexibility index (Phi) is 19.2. The van der Waals surface area contributed by atoms with Crippen LogP contribution in [0.3, 0.4) is 0 Å². The first-order chi connectivity index (χ1) is 18.9. The second-order valence-electron chi connectivity index (χ2n) is 13.1. The van der Waals surface area contributed by atoms with Crippen molar-refractivity contribution in [2.75, 3.05) is 13.1 Å². The minimum Gasteiger partial charge on any atom is -0.444 e. The van der Waals surface area contributed by atoms with E-state index in [4.69, 9.17) is 21.8 Å². The maximum atomic E-state index is 12.9. The van der Waals surface area contributed by atoms with Crippen molar-refractivity contribution >= 4 is 45.9 Å². The molecule has 9 nitrogen and oxygen atoms in total. The van der Waals surface area contributed by atoms with Crippen LogP contribution in [0.2, 0.25) is 52.4 Å². The predicted molar refractivity (Wildman–Crippen MR) is 179 cm³/mol. The highest BCUT2D eigenvalue weighted by atomic mass is 28.5. The molecule has 41 heavy (non-hydrogen) atoms. The molecule has 4 atom stereocenters. The highest BCUT2D eigenvalue weighted by Gasteiger charge is 2.56. The Hall–Kier alpha value is -0.712. The van der Waals surface area contributed by atoms with Crippen LogP contribution in [0.1, 0.15) is 91.9 Å². The van der Waals surface area contributed by atoms with E-state index in [1.807, 2.05) is 26.9 Å². The lowest BCUT2D eigenvalue weighted by Crippen LogP contribution is -2.68. The first-order valence-corrected chi connectivity index (χ1v) is 27.5. The van der Waals surface area contributed by atoms with Crippen LogP contribution >= 0.6 is 0 Å². The number of hydrogen-bond donors (Lipinski definition) is 2. The third kappa shape index (κ3) is 17.9. The van der Waals surface area contributed by atoms with Crippen LogP contribution in [-0.2, 0) is 21.8 Å². The Morgan fingerprint density at radius 3 is 1.15 bits per heavy atom. The second kappa shape index (κ2) is 19.5. The summed E-state index contributed by atoms with van der Waals surface area (Å²) in [7, 11) is -10.7. The average Bonchev–Trinajstić information content (AvgIpc) is 2.82. The van der Waals surface area contributed by atoms with Crippen LogP contribution in [0, 0.1) is 0 Å². The van der Waals surface area contributed by atoms with Gasteiger partial charge in [-0.2, -0.15) is 0 Å². The van der Waals surface area contributed by atoms with Gasteiger partial charge in [-0.1, -0.05) is 66.2 Å². The summed E-state index contributed by atoms with van der Waals surface area (Å²) < 4.78 is 32.8. The maximum Gasteiger partial charge on any atom is 0.407 e. The molecule has 0 aliphatic rings. The van der Waals surface area contributed by atoms with Gasteiger partial charge in [0.05, 0.1) is 0 Å². The molecule has 0 saturated carbocycles. The fourth-order valence-electron chi connectivity index (χ4n) is 4.87. The third-order valence-electron chi connectivity index (χ3n) is 6.43. The van der Waals surface area contributed by atoms with Crippen molar-refractivity contribution in [3.8, 4) is 0 Å². The Balaban J connectivity index is 6.03. The van der Waals surface area contributed by atoms with Crippen molar-refractivity contribution in [3.63, 3.8) is 0 Å². The van der Waals surface area contributed by atoms with Crippen molar-refractivity contribution in [2.45, 2.75) is 156 Å². The van der Waals surface area contributed by atoms with E-state index >= 15 is 0 Å². The van der Waals surface area contributed by atoms with E-state index in [1.54, 1.807) is 0 Å². The largest absolute Gasteiger partial charge is 0.444 e. The fourth-order valence-corrected chi connectivity index (χ4v) is 23.1. The second-order valence-corrected chi connectivity index (χ2v) is 29.4. The molecule has 2 amide bonds. The molecule has 0 aliphatic heterocycles. The van der Waals surface area contributed by atoms with Gasteiger partial charge < -0.3 is 32.5 Å². The van der Waals surface area contributed by atoms with Crippen molar-refractivity contribution in [2.24, 2.45) is 0 Å². The summed E-state index contributed by atoms with van der Waals surface area (Å²) in [5.74, 6) is 0. The molecule has 0 aliphatic carbocycles. The Bertz CT molecular complexity index is 692. The first-order valence-electron chi connectivity index (χ1n) is 15.9. The number of unbranched alkanes of at least 4 members (excludes halogenated alkanes) is 6. The molecule has 13 heteroatoms. The standard InChI is InChI=1S/C28H64N2O7Si4/c1-13-17-19-21-23-29-27(31)33-25(15-3)40(11,35-38(5,6)7)37-41(12,36-39(8,9)10)26(16-4)34-28(32)30-24-22-20-18-14-2/h25-26H,13-24H2,1-12H3,(H,29,31)(H,30,32). The Morgan fingerprint density at radius 2 is 0.878 bits per heavy atom. The topological polar surface area (TPSA) is 104 Å². The van der Waals surface area contributed by atoms with Crippen LogP contribution < -0.4 is 10.6 Å². The van der Waals surface area contributed by atoms with Gasteiger partial charge in [-0.05, 0) is 78.1 Å². The van der Waals surface area contributed by atoms with Crippen molar-refractivity contribution in [1.82, 2.24) is 10.6 Å². The lowest BCUT2D eigenvalue weighted by Gasteiger charge is -2.46. The minimum atomic E-state index is -3.22. The lowest BCUT2D eigenvalue weighted by atomic mass is 10.2. The van der Waals surface area contributed by atoms with Gasteiger partial charge in [0.2, 0.25) is 0 Å². The third-order valence-corrected chi connectivity index (χ3v) is 21.2. The molecule has 0 radical (unpaired) electrons. The summed E-state index contributed by atoms with van der Waals surface area (Å²) in [4.78, 5) is 25.7. The van der Waals surface area contributed by atoms with Gasteiger partial charge in [-0.3, -0.25) is 0 Å². The molecule has 0 aromatic heterocycles. The van der Waals surface area contributed by atoms with Gasteiger partial charge in [0, 0.05) is 13.1 Å². The van der Waals surface area contributed by atoms with E-state index in [0.717, 1.165) is 51.4 Å². The van der Waals surface area contributed by atoms with E-state index in [-0.39, 0.29) is 0 Å². The van der Waals surface area contributed by atoms with Gasteiger partial charge in [0.15, 0.2) is 16.6 Å². The van der Waals surface area contributed by atoms with Crippen LogP contribution in [0.5, 0.6) is 0 Å². The number of carbonyl (C=O) groups excluding carboxylic acids is 2. The van der Waals surface area contributed by atoms with Crippen molar-refractivity contribution < 1.29 is 31.4 Å². The molecule has 244 valence electrons. The number of nitrogens with one attached hydrogen (secondary N) is 2. The summed E-state index contributed by atoms with van der Waals surface area (Å²) >= 11 is 0. The van der Waals surface area contributed by atoms with E-state index in [9.17, 15) is 9.59 Å². The van der Waals surface area contributed by atoms with Crippen molar-refractivity contribution in [3.05, 3.63) is 0 Å². The summed E-state index contributed by atoms with van der Waals surface area (Å²) in [5.41, 5.74) is -1.10. The van der Waals surface area contributed by atoms with Crippen LogP contribution in [-0.4, -0.2) is 70.5 Å². The smallest absolute Gasteiger partial charge is 0.407 e. The van der Waals surface area contributed by atoms with E-state index < -0.39 is 57.4 Å². The molecule has 0 rings (SSSR count). The quantitative estimate of drug-likeness (QED) is 0.0899. The predicted octanol–water partition coefficient (Wildman–Crippen LogP) is 8.10. The number of carbonyl (C=O) groups is 2. The molecule has 4 unspecified atom stereocenters. The monoisotopic (exact) mass is 652 g/mol. The number of alkyl carbamates (subject to hydrolysis) is 2. The summed E-state index contributed by atoms with van der Waals surface area (Å²) in [6.45, 7) is 26.1. The maximum absolute atomic E-state index is 12.9. The molecule has 0 saturated heterocycles. The molecule has 2 N–H and O–H groups in total. The minimum absolute atomic E-state index is 0.449. The molecular weight excluding hydrogens is 589 g/mol. The first kappa shape index (κ1) is 40.3. The molecule has 0 bridgehead atoms. The van der Waals surface area contributed by atoms with Crippen LogP contribution in [0.4, 0.5) is 9.59 Å². The van der Waals surface area contributed by atoms with Crippen LogP contribution in [0.25, 0.3) is 0 Å². The lowest BCUT2D eigenvalue weighted by molar-refractivity contribution is 0.0916. The van der Waals surface area contributed by atoms with E-state index in [1.165, 1.54) is 0 Å². The van der Waals surface area contributed by atoms with Gasteiger partial charge in [-0.15, -0.1) is 0 Å². The SMILES string of the molecule is CCCCCCNC(=O)OC(CC)[Si](C)(O[Si](C)(C)C)O[Si](C)(O[Si](C)(C)C)C(CC)OC(=O)NCCCCCC. The summed E-state index contributed by atoms with van der Waals surface area (Å²) in [6.07, 6.45) is 8.76. The normalized spacial score (nSPS) is 16.7. The fraction of sp³-hybridized carbons (Fsp3) is 0.929. The zero-order valence-corrected chi connectivity index (χ0v) is 32.5. The van der Waals surface area contributed by atoms with Gasteiger partial charge >= 0.3 is 29.3 Å². The summed E-state index contributed by atoms with van der Waals surface area (Å²) in [6, 6.07) is 0. The van der Waals surface area contributed by atoms with E-state index in [2.05, 4.69) is 63.8 Å². The molecule has 0 heterocycles. The zero-order valence-electron chi connectivity index (χ0n) is 28.5. The molecule has 0 spiro atoms. The Labute approximate surface area is 256 Å². The number of hydrogen-bond acceptors (Lipinski definition) is 7. The molecule has 0 aromatic rings.